The molecule has 206 valence electrons. The summed E-state index contributed by atoms with van der Waals surface area (Å²) in [6, 6.07) is 8.46. The van der Waals surface area contributed by atoms with Crippen LogP contribution in [-0.4, -0.2) is 75.7 Å². The molecule has 0 aliphatic carbocycles. The molecule has 0 spiro atoms. The maximum absolute atomic E-state index is 13.5. The second-order valence-electron chi connectivity index (χ2n) is 10.8. The summed E-state index contributed by atoms with van der Waals surface area (Å²) in [5, 5.41) is 22.2. The number of nitrogens with one attached hydrogen (secondary N) is 2. The number of likely N-dealkylation sites (N-methyl/N-ethyl adjacent to an activating group) is 1. The van der Waals surface area contributed by atoms with Crippen molar-refractivity contribution in [2.24, 2.45) is 11.8 Å². The number of hydrogen-bond donors (Lipinski definition) is 3. The number of unbranched alkanes of at least 4 members (excludes halogenated alkanes) is 1. The lowest BCUT2D eigenvalue weighted by Gasteiger charge is -2.43. The van der Waals surface area contributed by atoms with Crippen LogP contribution in [-0.2, 0) is 15.1 Å². The molecule has 1 aromatic heterocycles. The predicted octanol–water partition coefficient (Wildman–Crippen LogP) is 4.73. The highest BCUT2D eigenvalue weighted by Crippen LogP contribution is 2.43. The molecule has 4 rings (SSSR count). The molecule has 2 aromatic rings. The first-order valence-electron chi connectivity index (χ1n) is 14.0. The Labute approximate surface area is 225 Å². The molecule has 8 heteroatoms. The third-order valence-electron chi connectivity index (χ3n) is 8.22. The number of fused-ring (bicyclic) bond motifs is 1. The minimum atomic E-state index is -0.983. The number of ether oxygens (including phenoxy) is 2. The molecule has 1 unspecified atom stereocenters. The molecule has 2 fully saturated rings. The van der Waals surface area contributed by atoms with Crippen LogP contribution in [0, 0.1) is 11.8 Å². The minimum Gasteiger partial charge on any atom is -0.385 e. The number of likely N-dealkylation sites (tertiary alicyclic amines) is 1. The highest BCUT2D eigenvalue weighted by atomic mass is 32.1. The summed E-state index contributed by atoms with van der Waals surface area (Å²) in [7, 11) is 3.66. The van der Waals surface area contributed by atoms with Crippen LogP contribution in [0.15, 0.2) is 29.6 Å². The minimum absolute atomic E-state index is 0.00641. The zero-order valence-corrected chi connectivity index (χ0v) is 23.4. The second kappa shape index (κ2) is 13.9. The number of methoxy groups -OCH3 is 1. The van der Waals surface area contributed by atoms with E-state index in [4.69, 9.17) is 9.47 Å². The number of piperidine rings is 1. The van der Waals surface area contributed by atoms with Crippen LogP contribution in [0.3, 0.4) is 0 Å². The smallest absolute Gasteiger partial charge is 0.317 e. The van der Waals surface area contributed by atoms with E-state index in [1.807, 2.05) is 11.9 Å². The van der Waals surface area contributed by atoms with Gasteiger partial charge in [-0.3, -0.25) is 0 Å². The van der Waals surface area contributed by atoms with Gasteiger partial charge in [0.15, 0.2) is 0 Å². The molecule has 2 aliphatic rings. The van der Waals surface area contributed by atoms with Gasteiger partial charge in [-0.25, -0.2) is 4.79 Å². The molecule has 0 bridgehead atoms. The first-order chi connectivity index (χ1) is 18.0. The molecule has 7 nitrogen and oxygen atoms in total. The molecule has 3 N–H and O–H groups in total. The lowest BCUT2D eigenvalue weighted by atomic mass is 9.74. The number of aliphatic hydroxyl groups is 1. The molecular weight excluding hydrogens is 486 g/mol. The van der Waals surface area contributed by atoms with Crippen LogP contribution in [0.2, 0.25) is 0 Å². The van der Waals surface area contributed by atoms with Crippen molar-refractivity contribution in [3.63, 3.8) is 0 Å². The molecule has 2 saturated heterocycles. The Balaban J connectivity index is 1.48. The van der Waals surface area contributed by atoms with E-state index >= 15 is 0 Å². The molecule has 0 radical (unpaired) electrons. The van der Waals surface area contributed by atoms with Crippen molar-refractivity contribution >= 4 is 27.5 Å². The topological polar surface area (TPSA) is 83.1 Å². The van der Waals surface area contributed by atoms with E-state index in [9.17, 15) is 9.90 Å². The van der Waals surface area contributed by atoms with Gasteiger partial charge in [0.25, 0.3) is 0 Å². The standard InChI is InChI=1S/C29H45N3O4S/c1-30-20-25(19-22-10-16-36-17-11-22)31-28(33)32-14-6-8-24(21-32)29(34,13-3-4-15-35-2)26-9-5-7-23-12-18-37-27(23)26/h5,7,9,12,18,22,24-25,30,34H,3-4,6,8,10-11,13-17,19-21H2,1-2H3,(H,31,33)/t24-,25?,29+/m1/s1. The Morgan fingerprint density at radius 1 is 1.27 bits per heavy atom. The van der Waals surface area contributed by atoms with Crippen molar-refractivity contribution in [2.75, 3.05) is 53.6 Å². The molecule has 2 amide bonds. The van der Waals surface area contributed by atoms with Crippen LogP contribution in [0.4, 0.5) is 4.79 Å². The first-order valence-corrected chi connectivity index (χ1v) is 14.9. The summed E-state index contributed by atoms with van der Waals surface area (Å²) in [6.45, 7) is 4.38. The van der Waals surface area contributed by atoms with E-state index in [0.717, 1.165) is 81.5 Å². The zero-order chi connectivity index (χ0) is 26.1. The molecule has 0 saturated carbocycles. The van der Waals surface area contributed by atoms with E-state index in [-0.39, 0.29) is 18.0 Å². The number of amides is 2. The Morgan fingerprint density at radius 2 is 2.11 bits per heavy atom. The molecule has 3 atom stereocenters. The number of carbonyl (C=O) groups excluding carboxylic acids is 1. The average molecular weight is 532 g/mol. The Morgan fingerprint density at radius 3 is 2.89 bits per heavy atom. The van der Waals surface area contributed by atoms with E-state index in [2.05, 4.69) is 40.3 Å². The van der Waals surface area contributed by atoms with E-state index in [0.29, 0.717) is 25.5 Å². The second-order valence-corrected chi connectivity index (χ2v) is 11.7. The number of thiophene rings is 1. The molecule has 1 aromatic carbocycles. The molecular formula is C29H45N3O4S. The van der Waals surface area contributed by atoms with Gasteiger partial charge in [0.05, 0.1) is 5.60 Å². The third-order valence-corrected chi connectivity index (χ3v) is 9.19. The van der Waals surface area contributed by atoms with Crippen molar-refractivity contribution in [1.82, 2.24) is 15.5 Å². The van der Waals surface area contributed by atoms with Crippen molar-refractivity contribution in [1.29, 1.82) is 0 Å². The Bertz CT molecular complexity index is 979. The monoisotopic (exact) mass is 531 g/mol. The summed E-state index contributed by atoms with van der Waals surface area (Å²) in [6.07, 6.45) is 7.36. The maximum atomic E-state index is 13.5. The van der Waals surface area contributed by atoms with E-state index < -0.39 is 5.60 Å². The summed E-state index contributed by atoms with van der Waals surface area (Å²) < 4.78 is 11.9. The van der Waals surface area contributed by atoms with Gasteiger partial charge in [-0.15, -0.1) is 11.3 Å². The van der Waals surface area contributed by atoms with E-state index in [1.165, 1.54) is 5.39 Å². The van der Waals surface area contributed by atoms with Gasteiger partial charge in [0.2, 0.25) is 0 Å². The lowest BCUT2D eigenvalue weighted by molar-refractivity contribution is -0.0551. The third kappa shape index (κ3) is 7.24. The van der Waals surface area contributed by atoms with Crippen molar-refractivity contribution in [3.05, 3.63) is 35.2 Å². The normalized spacial score (nSPS) is 21.6. The van der Waals surface area contributed by atoms with Crippen LogP contribution in [0.25, 0.3) is 10.1 Å². The number of rotatable bonds is 12. The SMILES string of the molecule is CNCC(CC1CCOCC1)NC(=O)N1CCC[C@@H]([C@@](O)(CCCCOC)c2cccc3ccsc23)C1. The van der Waals surface area contributed by atoms with Gasteiger partial charge in [0, 0.05) is 68.8 Å². The van der Waals surface area contributed by atoms with E-state index in [1.54, 1.807) is 18.4 Å². The van der Waals surface area contributed by atoms with Crippen LogP contribution >= 0.6 is 11.3 Å². The summed E-state index contributed by atoms with van der Waals surface area (Å²) >= 11 is 1.69. The fourth-order valence-corrected chi connectivity index (χ4v) is 7.17. The van der Waals surface area contributed by atoms with Gasteiger partial charge in [-0.1, -0.05) is 18.2 Å². The number of nitrogens with zero attached hydrogens (tertiary/aromatic N) is 1. The maximum Gasteiger partial charge on any atom is 0.317 e. The molecule has 2 aliphatic heterocycles. The van der Waals surface area contributed by atoms with Gasteiger partial charge < -0.3 is 30.1 Å². The van der Waals surface area contributed by atoms with Crippen molar-refractivity contribution in [2.45, 2.75) is 63.0 Å². The van der Waals surface area contributed by atoms with Gasteiger partial charge >= 0.3 is 6.03 Å². The number of urea groups is 1. The largest absolute Gasteiger partial charge is 0.385 e. The van der Waals surface area contributed by atoms with Crippen molar-refractivity contribution < 1.29 is 19.4 Å². The van der Waals surface area contributed by atoms with Gasteiger partial charge in [0.1, 0.15) is 0 Å². The fraction of sp³-hybridized carbons (Fsp3) is 0.690. The average Bonchev–Trinajstić information content (AvgIpc) is 3.41. The van der Waals surface area contributed by atoms with Crippen LogP contribution < -0.4 is 10.6 Å². The molecule has 37 heavy (non-hydrogen) atoms. The molecule has 3 heterocycles. The van der Waals surface area contributed by atoms with Crippen molar-refractivity contribution in [3.8, 4) is 0 Å². The number of hydrogen-bond acceptors (Lipinski definition) is 6. The number of carbonyl (C=O) groups is 1. The number of benzene rings is 1. The zero-order valence-electron chi connectivity index (χ0n) is 22.5. The van der Waals surface area contributed by atoms with Gasteiger partial charge in [-0.05, 0) is 81.2 Å². The van der Waals surface area contributed by atoms with Gasteiger partial charge in [-0.2, -0.15) is 0 Å². The summed E-state index contributed by atoms with van der Waals surface area (Å²) in [5.74, 6) is 0.575. The highest BCUT2D eigenvalue weighted by Gasteiger charge is 2.42. The predicted molar refractivity (Wildman–Crippen MR) is 150 cm³/mol. The Kier molecular flexibility index (Phi) is 10.6. The van der Waals surface area contributed by atoms with Crippen LogP contribution in [0.5, 0.6) is 0 Å². The summed E-state index contributed by atoms with van der Waals surface area (Å²) in [4.78, 5) is 15.4. The highest BCUT2D eigenvalue weighted by molar-refractivity contribution is 7.17. The Hall–Kier alpha value is -1.71. The lowest BCUT2D eigenvalue weighted by Crippen LogP contribution is -2.54. The first kappa shape index (κ1) is 28.3. The van der Waals surface area contributed by atoms with Crippen LogP contribution in [0.1, 0.15) is 56.9 Å². The summed E-state index contributed by atoms with van der Waals surface area (Å²) in [5.41, 5.74) is 0.0287. The quantitative estimate of drug-likeness (QED) is 0.345. The fourth-order valence-electron chi connectivity index (χ4n) is 6.18.